The van der Waals surface area contributed by atoms with Crippen LogP contribution in [0.2, 0.25) is 0 Å². The number of hydrogen-bond donors (Lipinski definition) is 0. The third kappa shape index (κ3) is 4.38. The quantitative estimate of drug-likeness (QED) is 0.799. The maximum absolute atomic E-state index is 12.9. The van der Waals surface area contributed by atoms with Crippen molar-refractivity contribution in [2.75, 3.05) is 24.5 Å². The fourth-order valence-electron chi connectivity index (χ4n) is 3.71. The number of amides is 2. The predicted molar refractivity (Wildman–Crippen MR) is 109 cm³/mol. The topological polar surface area (TPSA) is 40.6 Å². The Bertz CT molecular complexity index is 813. The summed E-state index contributed by atoms with van der Waals surface area (Å²) >= 11 is 0. The Morgan fingerprint density at radius 1 is 1.11 bits per heavy atom. The van der Waals surface area contributed by atoms with Crippen molar-refractivity contribution in [1.82, 2.24) is 4.90 Å². The second-order valence-electron chi connectivity index (χ2n) is 7.46. The van der Waals surface area contributed by atoms with Crippen molar-refractivity contribution in [2.45, 2.75) is 33.6 Å². The molecule has 27 heavy (non-hydrogen) atoms. The largest absolute Gasteiger partial charge is 0.338 e. The molecular weight excluding hydrogens is 336 g/mol. The van der Waals surface area contributed by atoms with E-state index in [1.807, 2.05) is 43.0 Å². The molecule has 1 unspecified atom stereocenters. The molecule has 1 fully saturated rings. The lowest BCUT2D eigenvalue weighted by atomic mass is 9.99. The molecule has 4 nitrogen and oxygen atoms in total. The fourth-order valence-corrected chi connectivity index (χ4v) is 3.71. The van der Waals surface area contributed by atoms with Crippen LogP contribution in [0.4, 0.5) is 5.69 Å². The first-order valence-corrected chi connectivity index (χ1v) is 9.77. The molecule has 0 aromatic heterocycles. The zero-order valence-electron chi connectivity index (χ0n) is 16.4. The van der Waals surface area contributed by atoms with Gasteiger partial charge < -0.3 is 9.80 Å². The van der Waals surface area contributed by atoms with E-state index in [0.29, 0.717) is 23.6 Å². The van der Waals surface area contributed by atoms with Crippen molar-refractivity contribution in [3.8, 4) is 0 Å². The van der Waals surface area contributed by atoms with E-state index in [2.05, 4.69) is 6.92 Å². The molecule has 0 bridgehead atoms. The Labute approximate surface area is 161 Å². The average Bonchev–Trinajstić information content (AvgIpc) is 2.68. The third-order valence-corrected chi connectivity index (χ3v) is 5.20. The van der Waals surface area contributed by atoms with Gasteiger partial charge in [0.15, 0.2) is 0 Å². The highest BCUT2D eigenvalue weighted by Crippen LogP contribution is 2.21. The van der Waals surface area contributed by atoms with Gasteiger partial charge in [0, 0.05) is 36.4 Å². The molecule has 2 aromatic rings. The molecule has 0 saturated carbocycles. The van der Waals surface area contributed by atoms with E-state index in [1.165, 1.54) is 6.42 Å². The number of aryl methyl sites for hydroxylation is 1. The summed E-state index contributed by atoms with van der Waals surface area (Å²) in [6.07, 6.45) is 2.24. The lowest BCUT2D eigenvalue weighted by Crippen LogP contribution is -2.39. The molecule has 1 atom stereocenters. The first-order valence-electron chi connectivity index (χ1n) is 9.77. The van der Waals surface area contributed by atoms with Gasteiger partial charge in [0.2, 0.25) is 0 Å². The zero-order valence-corrected chi connectivity index (χ0v) is 16.4. The Kier molecular flexibility index (Phi) is 5.94. The lowest BCUT2D eigenvalue weighted by molar-refractivity contribution is 0.0682. The monoisotopic (exact) mass is 364 g/mol. The van der Waals surface area contributed by atoms with E-state index in [4.69, 9.17) is 0 Å². The number of nitrogens with zero attached hydrogens (tertiary/aromatic N) is 2. The highest BCUT2D eigenvalue weighted by molar-refractivity contribution is 6.06. The molecule has 0 spiro atoms. The second-order valence-corrected chi connectivity index (χ2v) is 7.46. The Morgan fingerprint density at radius 3 is 2.44 bits per heavy atom. The summed E-state index contributed by atoms with van der Waals surface area (Å²) in [5, 5.41) is 0. The number of anilines is 1. The van der Waals surface area contributed by atoms with Crippen molar-refractivity contribution < 1.29 is 9.59 Å². The van der Waals surface area contributed by atoms with Crippen molar-refractivity contribution in [2.24, 2.45) is 5.92 Å². The molecule has 1 saturated heterocycles. The lowest BCUT2D eigenvalue weighted by Gasteiger charge is -2.31. The molecule has 0 aliphatic carbocycles. The number of benzene rings is 2. The van der Waals surface area contributed by atoms with Crippen molar-refractivity contribution in [3.05, 3.63) is 65.2 Å². The van der Waals surface area contributed by atoms with Gasteiger partial charge >= 0.3 is 0 Å². The van der Waals surface area contributed by atoms with Gasteiger partial charge in [-0.25, -0.2) is 0 Å². The molecule has 1 aliphatic heterocycles. The van der Waals surface area contributed by atoms with Crippen LogP contribution in [0.1, 0.15) is 53.0 Å². The number of carbonyl (C=O) groups excluding carboxylic acids is 2. The minimum atomic E-state index is -0.0475. The smallest absolute Gasteiger partial charge is 0.258 e. The van der Waals surface area contributed by atoms with E-state index in [1.54, 1.807) is 29.2 Å². The SMILES string of the molecule is CCN(C(=O)c1ccc(C(=O)N2CCCC(C)C2)cc1)c1cccc(C)c1. The average molecular weight is 364 g/mol. The van der Waals surface area contributed by atoms with Crippen LogP contribution in [0, 0.1) is 12.8 Å². The molecule has 1 aliphatic rings. The summed E-state index contributed by atoms with van der Waals surface area (Å²) in [5.41, 5.74) is 3.27. The van der Waals surface area contributed by atoms with E-state index in [9.17, 15) is 9.59 Å². The van der Waals surface area contributed by atoms with Gasteiger partial charge in [-0.1, -0.05) is 19.1 Å². The number of piperidine rings is 1. The summed E-state index contributed by atoms with van der Waals surface area (Å²) in [5.74, 6) is 0.566. The number of carbonyl (C=O) groups is 2. The van der Waals surface area contributed by atoms with Crippen LogP contribution >= 0.6 is 0 Å². The Balaban J connectivity index is 1.75. The van der Waals surface area contributed by atoms with Crippen molar-refractivity contribution in [3.63, 3.8) is 0 Å². The molecule has 3 rings (SSSR count). The van der Waals surface area contributed by atoms with E-state index in [-0.39, 0.29) is 11.8 Å². The molecule has 4 heteroatoms. The maximum Gasteiger partial charge on any atom is 0.258 e. The van der Waals surface area contributed by atoms with Crippen LogP contribution in [0.5, 0.6) is 0 Å². The fraction of sp³-hybridized carbons (Fsp3) is 0.391. The standard InChI is InChI=1S/C23H28N2O2/c1-4-25(21-9-5-7-17(2)15-21)23(27)20-12-10-19(11-13-20)22(26)24-14-6-8-18(3)16-24/h5,7,9-13,15,18H,4,6,8,14,16H2,1-3H3. The summed E-state index contributed by atoms with van der Waals surface area (Å²) in [6, 6.07) is 15.0. The summed E-state index contributed by atoms with van der Waals surface area (Å²) < 4.78 is 0. The van der Waals surface area contributed by atoms with Gasteiger partial charge in [-0.05, 0) is 74.6 Å². The summed E-state index contributed by atoms with van der Waals surface area (Å²) in [6.45, 7) is 8.40. The van der Waals surface area contributed by atoms with E-state index < -0.39 is 0 Å². The van der Waals surface area contributed by atoms with Gasteiger partial charge in [0.1, 0.15) is 0 Å². The highest BCUT2D eigenvalue weighted by Gasteiger charge is 2.22. The molecule has 2 amide bonds. The van der Waals surface area contributed by atoms with Crippen LogP contribution in [-0.2, 0) is 0 Å². The first kappa shape index (κ1) is 19.2. The molecule has 1 heterocycles. The minimum absolute atomic E-state index is 0.0475. The molecule has 0 N–H and O–H groups in total. The van der Waals surface area contributed by atoms with Crippen LogP contribution in [0.15, 0.2) is 48.5 Å². The van der Waals surface area contributed by atoms with Crippen LogP contribution in [0.3, 0.4) is 0 Å². The summed E-state index contributed by atoms with van der Waals surface area (Å²) in [7, 11) is 0. The van der Waals surface area contributed by atoms with Crippen LogP contribution < -0.4 is 4.90 Å². The first-order chi connectivity index (χ1) is 13.0. The van der Waals surface area contributed by atoms with Gasteiger partial charge in [-0.2, -0.15) is 0 Å². The van der Waals surface area contributed by atoms with E-state index >= 15 is 0 Å². The molecular formula is C23H28N2O2. The van der Waals surface area contributed by atoms with E-state index in [0.717, 1.165) is 30.8 Å². The Hall–Kier alpha value is -2.62. The van der Waals surface area contributed by atoms with Crippen molar-refractivity contribution >= 4 is 17.5 Å². The molecule has 2 aromatic carbocycles. The van der Waals surface area contributed by atoms with Crippen molar-refractivity contribution in [1.29, 1.82) is 0 Å². The summed E-state index contributed by atoms with van der Waals surface area (Å²) in [4.78, 5) is 29.3. The number of hydrogen-bond acceptors (Lipinski definition) is 2. The third-order valence-electron chi connectivity index (χ3n) is 5.20. The Morgan fingerprint density at radius 2 is 1.81 bits per heavy atom. The zero-order chi connectivity index (χ0) is 19.4. The van der Waals surface area contributed by atoms with Gasteiger partial charge in [0.25, 0.3) is 11.8 Å². The van der Waals surface area contributed by atoms with Crippen LogP contribution in [-0.4, -0.2) is 36.3 Å². The molecule has 0 radical (unpaired) electrons. The minimum Gasteiger partial charge on any atom is -0.338 e. The second kappa shape index (κ2) is 8.38. The van der Waals surface area contributed by atoms with Gasteiger partial charge in [-0.15, -0.1) is 0 Å². The number of rotatable bonds is 4. The molecule has 142 valence electrons. The normalized spacial score (nSPS) is 16.9. The highest BCUT2D eigenvalue weighted by atomic mass is 16.2. The predicted octanol–water partition coefficient (Wildman–Crippen LogP) is 4.53. The van der Waals surface area contributed by atoms with Gasteiger partial charge in [0.05, 0.1) is 0 Å². The maximum atomic E-state index is 12.9. The van der Waals surface area contributed by atoms with Crippen LogP contribution in [0.25, 0.3) is 0 Å². The number of likely N-dealkylation sites (tertiary alicyclic amines) is 1. The van der Waals surface area contributed by atoms with Gasteiger partial charge in [-0.3, -0.25) is 9.59 Å².